The van der Waals surface area contributed by atoms with Crippen LogP contribution in [0, 0.1) is 5.92 Å². The summed E-state index contributed by atoms with van der Waals surface area (Å²) in [5, 5.41) is 0. The van der Waals surface area contributed by atoms with Crippen molar-refractivity contribution in [2.75, 3.05) is 0 Å². The van der Waals surface area contributed by atoms with E-state index in [1.54, 1.807) is 12.5 Å². The summed E-state index contributed by atoms with van der Waals surface area (Å²) in [4.78, 5) is 0. The average Bonchev–Trinajstić information content (AvgIpc) is 3.47. The average molecular weight is 417 g/mol. The number of hydrogen-bond donors (Lipinski definition) is 0. The Hall–Kier alpha value is -1.44. The van der Waals surface area contributed by atoms with Gasteiger partial charge in [0, 0.05) is 12.8 Å². The Morgan fingerprint density at radius 1 is 0.633 bits per heavy atom. The first-order chi connectivity index (χ1) is 14.8. The zero-order valence-electron chi connectivity index (χ0n) is 20.2. The third-order valence-corrected chi connectivity index (χ3v) is 5.97. The fraction of sp³-hybridized carbons (Fsp3) is 0.714. The largest absolute Gasteiger partial charge is 0.469 e. The molecule has 2 heterocycles. The van der Waals surface area contributed by atoms with Crippen LogP contribution in [0.15, 0.2) is 45.6 Å². The summed E-state index contributed by atoms with van der Waals surface area (Å²) in [5.74, 6) is 3.10. The van der Waals surface area contributed by atoms with Crippen molar-refractivity contribution in [3.63, 3.8) is 0 Å². The number of aryl methyl sites for hydroxylation is 1. The molecule has 172 valence electrons. The maximum absolute atomic E-state index is 5.35. The quantitative estimate of drug-likeness (QED) is 0.240. The molecule has 0 N–H and O–H groups in total. The van der Waals surface area contributed by atoms with E-state index in [1.165, 1.54) is 89.9 Å². The molecular formula is C28H48O2. The zero-order chi connectivity index (χ0) is 21.7. The summed E-state index contributed by atoms with van der Waals surface area (Å²) in [5.41, 5.74) is 0. The topological polar surface area (TPSA) is 26.3 Å². The molecule has 2 aromatic heterocycles. The van der Waals surface area contributed by atoms with Crippen LogP contribution in [-0.4, -0.2) is 0 Å². The first kappa shape index (κ1) is 26.6. The lowest BCUT2D eigenvalue weighted by Gasteiger charge is -2.11. The number of furan rings is 2. The van der Waals surface area contributed by atoms with Gasteiger partial charge in [-0.3, -0.25) is 0 Å². The van der Waals surface area contributed by atoms with E-state index in [2.05, 4.69) is 32.9 Å². The van der Waals surface area contributed by atoms with Gasteiger partial charge in [-0.25, -0.2) is 0 Å². The van der Waals surface area contributed by atoms with Gasteiger partial charge in [-0.15, -0.1) is 0 Å². The molecule has 0 aliphatic rings. The summed E-state index contributed by atoms with van der Waals surface area (Å²) in [7, 11) is 0. The lowest BCUT2D eigenvalue weighted by atomic mass is 9.95. The van der Waals surface area contributed by atoms with Crippen molar-refractivity contribution in [1.29, 1.82) is 0 Å². The SMILES string of the molecule is CCCCC(CC)Cc1ccco1.CCCCCCCCCCCCc1ccco1. The fourth-order valence-corrected chi connectivity index (χ4v) is 3.90. The van der Waals surface area contributed by atoms with Crippen LogP contribution in [0.5, 0.6) is 0 Å². The van der Waals surface area contributed by atoms with Crippen molar-refractivity contribution in [1.82, 2.24) is 0 Å². The summed E-state index contributed by atoms with van der Waals surface area (Å²) in [6, 6.07) is 8.11. The van der Waals surface area contributed by atoms with E-state index in [4.69, 9.17) is 8.83 Å². The van der Waals surface area contributed by atoms with Crippen LogP contribution < -0.4 is 0 Å². The normalized spacial score (nSPS) is 11.8. The smallest absolute Gasteiger partial charge is 0.104 e. The van der Waals surface area contributed by atoms with Crippen LogP contribution in [0.1, 0.15) is 122 Å². The Bertz CT molecular complexity index is 541. The molecule has 0 aromatic carbocycles. The summed E-state index contributed by atoms with van der Waals surface area (Å²) >= 11 is 0. The molecule has 0 saturated carbocycles. The van der Waals surface area contributed by atoms with E-state index in [-0.39, 0.29) is 0 Å². The van der Waals surface area contributed by atoms with Crippen LogP contribution in [0.4, 0.5) is 0 Å². The van der Waals surface area contributed by atoms with Crippen molar-refractivity contribution < 1.29 is 8.83 Å². The molecule has 0 spiro atoms. The van der Waals surface area contributed by atoms with Gasteiger partial charge in [0.1, 0.15) is 11.5 Å². The molecule has 2 rings (SSSR count). The number of rotatable bonds is 17. The number of hydrogen-bond acceptors (Lipinski definition) is 2. The van der Waals surface area contributed by atoms with E-state index in [0.717, 1.165) is 30.3 Å². The van der Waals surface area contributed by atoms with Crippen molar-refractivity contribution in [3.05, 3.63) is 48.3 Å². The molecule has 0 saturated heterocycles. The predicted molar refractivity (Wildman–Crippen MR) is 130 cm³/mol. The second kappa shape index (κ2) is 19.5. The highest BCUT2D eigenvalue weighted by Crippen LogP contribution is 2.18. The van der Waals surface area contributed by atoms with Gasteiger partial charge < -0.3 is 8.83 Å². The third kappa shape index (κ3) is 14.5. The van der Waals surface area contributed by atoms with Gasteiger partial charge in [-0.05, 0) is 36.6 Å². The highest BCUT2D eigenvalue weighted by molar-refractivity contribution is 4.99. The van der Waals surface area contributed by atoms with Crippen LogP contribution in [0.25, 0.3) is 0 Å². The highest BCUT2D eigenvalue weighted by atomic mass is 16.3. The van der Waals surface area contributed by atoms with Crippen molar-refractivity contribution >= 4 is 0 Å². The van der Waals surface area contributed by atoms with Gasteiger partial charge >= 0.3 is 0 Å². The fourth-order valence-electron chi connectivity index (χ4n) is 3.90. The first-order valence-corrected chi connectivity index (χ1v) is 12.8. The Labute approximate surface area is 186 Å². The van der Waals surface area contributed by atoms with Crippen LogP contribution in [-0.2, 0) is 12.8 Å². The van der Waals surface area contributed by atoms with Gasteiger partial charge in [0.25, 0.3) is 0 Å². The molecule has 2 nitrogen and oxygen atoms in total. The lowest BCUT2D eigenvalue weighted by Crippen LogP contribution is -2.02. The van der Waals surface area contributed by atoms with Gasteiger partial charge in [0.05, 0.1) is 12.5 Å². The number of unbranched alkanes of at least 4 members (excludes halogenated alkanes) is 10. The zero-order valence-corrected chi connectivity index (χ0v) is 20.2. The molecule has 0 radical (unpaired) electrons. The predicted octanol–water partition coefficient (Wildman–Crippen LogP) is 9.78. The van der Waals surface area contributed by atoms with Gasteiger partial charge in [0.15, 0.2) is 0 Å². The van der Waals surface area contributed by atoms with E-state index >= 15 is 0 Å². The molecular weight excluding hydrogens is 368 g/mol. The standard InChI is InChI=1S/C16H28O.C12H20O/c1-2-3-4-5-6-7-8-9-10-11-13-16-14-12-15-17-16;1-3-5-7-11(4-2)10-12-8-6-9-13-12/h12,14-15H,2-11,13H2,1H3;6,8-9,11H,3-5,7,10H2,1-2H3. The maximum Gasteiger partial charge on any atom is 0.104 e. The molecule has 1 atom stereocenters. The minimum atomic E-state index is 0.811. The monoisotopic (exact) mass is 416 g/mol. The Balaban J connectivity index is 0.000000311. The minimum absolute atomic E-state index is 0.811. The molecule has 2 heteroatoms. The molecule has 0 fully saturated rings. The van der Waals surface area contributed by atoms with Crippen molar-refractivity contribution in [2.24, 2.45) is 5.92 Å². The Morgan fingerprint density at radius 3 is 1.67 bits per heavy atom. The minimum Gasteiger partial charge on any atom is -0.469 e. The van der Waals surface area contributed by atoms with Gasteiger partial charge in [-0.2, -0.15) is 0 Å². The lowest BCUT2D eigenvalue weighted by molar-refractivity contribution is 0.399. The molecule has 1 unspecified atom stereocenters. The summed E-state index contributed by atoms with van der Waals surface area (Å²) in [6.07, 6.45) is 25.0. The van der Waals surface area contributed by atoms with E-state index < -0.39 is 0 Å². The Kier molecular flexibility index (Phi) is 17.3. The second-order valence-corrected chi connectivity index (χ2v) is 8.71. The van der Waals surface area contributed by atoms with Crippen molar-refractivity contribution in [2.45, 2.75) is 124 Å². The van der Waals surface area contributed by atoms with E-state index in [1.807, 2.05) is 12.1 Å². The third-order valence-electron chi connectivity index (χ3n) is 5.97. The van der Waals surface area contributed by atoms with Gasteiger partial charge in [-0.1, -0.05) is 104 Å². The van der Waals surface area contributed by atoms with Crippen LogP contribution >= 0.6 is 0 Å². The molecule has 0 bridgehead atoms. The first-order valence-electron chi connectivity index (χ1n) is 12.8. The molecule has 0 aliphatic heterocycles. The van der Waals surface area contributed by atoms with E-state index in [0.29, 0.717) is 0 Å². The second-order valence-electron chi connectivity index (χ2n) is 8.71. The summed E-state index contributed by atoms with van der Waals surface area (Å²) < 4.78 is 10.7. The van der Waals surface area contributed by atoms with Crippen LogP contribution in [0.3, 0.4) is 0 Å². The molecule has 0 aliphatic carbocycles. The van der Waals surface area contributed by atoms with Crippen LogP contribution in [0.2, 0.25) is 0 Å². The summed E-state index contributed by atoms with van der Waals surface area (Å²) in [6.45, 7) is 6.79. The molecule has 2 aromatic rings. The van der Waals surface area contributed by atoms with E-state index in [9.17, 15) is 0 Å². The van der Waals surface area contributed by atoms with Gasteiger partial charge in [0.2, 0.25) is 0 Å². The van der Waals surface area contributed by atoms with Crippen molar-refractivity contribution in [3.8, 4) is 0 Å². The molecule has 0 amide bonds. The Morgan fingerprint density at radius 2 is 1.17 bits per heavy atom. The maximum atomic E-state index is 5.35. The molecule has 30 heavy (non-hydrogen) atoms. The highest BCUT2D eigenvalue weighted by Gasteiger charge is 2.08.